The zero-order chi connectivity index (χ0) is 20.9. The molecule has 0 amide bonds. The second kappa shape index (κ2) is 7.43. The smallest absolute Gasteiger partial charge is 0.307 e. The lowest BCUT2D eigenvalue weighted by molar-refractivity contribution is -0.142. The number of aromatic amines is 1. The average Bonchev–Trinajstić information content (AvgIpc) is 3.05. The summed E-state index contributed by atoms with van der Waals surface area (Å²) in [6.45, 7) is 5.79. The summed E-state index contributed by atoms with van der Waals surface area (Å²) < 4.78 is 15.1. The Hall–Kier alpha value is -2.44. The molecule has 3 heterocycles. The number of para-hydroxylation sites is 1. The SMILES string of the molecule is Cc1c(Cl)ncc(F)c1[C@@H]1c2[nH]c3ccccc3c2C[C@@H](C)N1C[C@@H](C)C(=O)O. The van der Waals surface area contributed by atoms with Gasteiger partial charge in [-0.05, 0) is 37.5 Å². The maximum Gasteiger partial charge on any atom is 0.307 e. The molecule has 2 N–H and O–H groups in total. The van der Waals surface area contributed by atoms with Crippen molar-refractivity contribution in [2.75, 3.05) is 6.54 Å². The van der Waals surface area contributed by atoms with E-state index in [2.05, 4.69) is 27.9 Å². The Balaban J connectivity index is 1.96. The minimum Gasteiger partial charge on any atom is -0.481 e. The average molecular weight is 416 g/mol. The van der Waals surface area contributed by atoms with Crippen molar-refractivity contribution in [1.29, 1.82) is 0 Å². The third-order valence-electron chi connectivity index (χ3n) is 5.96. The topological polar surface area (TPSA) is 69.2 Å². The van der Waals surface area contributed by atoms with E-state index in [-0.39, 0.29) is 11.2 Å². The molecule has 7 heteroatoms. The fourth-order valence-corrected chi connectivity index (χ4v) is 4.55. The van der Waals surface area contributed by atoms with Gasteiger partial charge in [0.05, 0.1) is 18.2 Å². The molecule has 0 unspecified atom stereocenters. The number of carboxylic acids is 1. The van der Waals surface area contributed by atoms with Crippen molar-refractivity contribution in [1.82, 2.24) is 14.9 Å². The van der Waals surface area contributed by atoms with Gasteiger partial charge in [-0.25, -0.2) is 9.37 Å². The van der Waals surface area contributed by atoms with Crippen LogP contribution in [0.25, 0.3) is 10.9 Å². The van der Waals surface area contributed by atoms with Gasteiger partial charge in [-0.2, -0.15) is 0 Å². The predicted molar refractivity (Wildman–Crippen MR) is 111 cm³/mol. The molecule has 2 aromatic heterocycles. The number of hydrogen-bond donors (Lipinski definition) is 2. The number of aromatic nitrogens is 2. The van der Waals surface area contributed by atoms with E-state index in [4.69, 9.17) is 11.6 Å². The Bertz CT molecular complexity index is 1100. The number of carbonyl (C=O) groups is 1. The highest BCUT2D eigenvalue weighted by Gasteiger charge is 2.39. The number of benzene rings is 1. The molecule has 1 aliphatic rings. The Morgan fingerprint density at radius 3 is 2.90 bits per heavy atom. The van der Waals surface area contributed by atoms with Gasteiger partial charge >= 0.3 is 5.97 Å². The van der Waals surface area contributed by atoms with Crippen molar-refractivity contribution in [2.45, 2.75) is 39.3 Å². The predicted octanol–water partition coefficient (Wildman–Crippen LogP) is 4.72. The van der Waals surface area contributed by atoms with Crippen LogP contribution in [0.1, 0.15) is 42.3 Å². The molecule has 4 rings (SSSR count). The van der Waals surface area contributed by atoms with Crippen molar-refractivity contribution >= 4 is 28.5 Å². The maximum absolute atomic E-state index is 15.1. The molecule has 0 saturated carbocycles. The maximum atomic E-state index is 15.1. The van der Waals surface area contributed by atoms with Crippen LogP contribution in [-0.4, -0.2) is 38.5 Å². The second-order valence-corrected chi connectivity index (χ2v) is 8.25. The van der Waals surface area contributed by atoms with Crippen molar-refractivity contribution < 1.29 is 14.3 Å². The van der Waals surface area contributed by atoms with Crippen LogP contribution >= 0.6 is 11.6 Å². The van der Waals surface area contributed by atoms with Crippen LogP contribution in [0.15, 0.2) is 30.5 Å². The van der Waals surface area contributed by atoms with Crippen LogP contribution in [-0.2, 0) is 11.2 Å². The number of aliphatic carboxylic acids is 1. The third kappa shape index (κ3) is 3.30. The van der Waals surface area contributed by atoms with E-state index < -0.39 is 23.7 Å². The van der Waals surface area contributed by atoms with Crippen LogP contribution in [0.3, 0.4) is 0 Å². The molecule has 0 fully saturated rings. The fraction of sp³-hybridized carbons (Fsp3) is 0.364. The number of carboxylic acid groups (broad SMARTS) is 1. The molecule has 5 nitrogen and oxygen atoms in total. The lowest BCUT2D eigenvalue weighted by atomic mass is 9.86. The van der Waals surface area contributed by atoms with Crippen molar-refractivity contribution in [3.05, 3.63) is 63.8 Å². The van der Waals surface area contributed by atoms with Gasteiger partial charge < -0.3 is 10.1 Å². The molecule has 3 atom stereocenters. The summed E-state index contributed by atoms with van der Waals surface area (Å²) in [6.07, 6.45) is 1.90. The molecule has 0 bridgehead atoms. The molecule has 29 heavy (non-hydrogen) atoms. The fourth-order valence-electron chi connectivity index (χ4n) is 4.40. The van der Waals surface area contributed by atoms with Gasteiger partial charge in [-0.3, -0.25) is 9.69 Å². The van der Waals surface area contributed by atoms with Crippen molar-refractivity contribution in [3.63, 3.8) is 0 Å². The molecular weight excluding hydrogens is 393 g/mol. The number of H-pyrrole nitrogens is 1. The lowest BCUT2D eigenvalue weighted by Gasteiger charge is -2.42. The summed E-state index contributed by atoms with van der Waals surface area (Å²) in [5, 5.41) is 10.8. The first-order valence-electron chi connectivity index (χ1n) is 9.68. The zero-order valence-electron chi connectivity index (χ0n) is 16.5. The minimum atomic E-state index is -0.872. The normalized spacial score (nSPS) is 20.6. The van der Waals surface area contributed by atoms with Crippen LogP contribution in [0.2, 0.25) is 5.15 Å². The molecule has 152 valence electrons. The van der Waals surface area contributed by atoms with Gasteiger partial charge in [0.1, 0.15) is 11.0 Å². The van der Waals surface area contributed by atoms with Crippen LogP contribution < -0.4 is 0 Å². The van der Waals surface area contributed by atoms with E-state index in [1.165, 1.54) is 0 Å². The number of nitrogens with zero attached hydrogens (tertiary/aromatic N) is 2. The lowest BCUT2D eigenvalue weighted by Crippen LogP contribution is -2.46. The zero-order valence-corrected chi connectivity index (χ0v) is 17.3. The van der Waals surface area contributed by atoms with Crippen molar-refractivity contribution in [2.24, 2.45) is 5.92 Å². The molecule has 1 aliphatic heterocycles. The van der Waals surface area contributed by atoms with Gasteiger partial charge in [0, 0.05) is 34.7 Å². The first kappa shape index (κ1) is 19.9. The summed E-state index contributed by atoms with van der Waals surface area (Å²) in [5.41, 5.74) is 4.04. The minimum absolute atomic E-state index is 0.0271. The molecule has 1 aromatic carbocycles. The molecule has 0 spiro atoms. The standard InChI is InChI=1S/C22H23ClFN3O2/c1-11(22(28)29)10-27-12(2)8-15-14-6-4-5-7-17(14)26-19(15)20(27)18-13(3)21(23)25-9-16(18)24/h4-7,9,11-12,20,26H,8,10H2,1-3H3,(H,28,29)/t11-,12-,20-/m1/s1. The highest BCUT2D eigenvalue weighted by Crippen LogP contribution is 2.43. The molecule has 0 radical (unpaired) electrons. The largest absolute Gasteiger partial charge is 0.481 e. The number of fused-ring (bicyclic) bond motifs is 3. The Morgan fingerprint density at radius 1 is 1.45 bits per heavy atom. The van der Waals surface area contributed by atoms with Crippen LogP contribution in [0, 0.1) is 18.7 Å². The number of hydrogen-bond acceptors (Lipinski definition) is 3. The number of rotatable bonds is 4. The summed E-state index contributed by atoms with van der Waals surface area (Å²) >= 11 is 6.25. The van der Waals surface area contributed by atoms with Gasteiger partial charge in [0.15, 0.2) is 0 Å². The highest BCUT2D eigenvalue weighted by molar-refractivity contribution is 6.30. The second-order valence-electron chi connectivity index (χ2n) is 7.89. The van der Waals surface area contributed by atoms with Gasteiger partial charge in [-0.15, -0.1) is 0 Å². The molecular formula is C22H23ClFN3O2. The molecule has 0 aliphatic carbocycles. The summed E-state index contributed by atoms with van der Waals surface area (Å²) in [6, 6.07) is 7.57. The van der Waals surface area contributed by atoms with E-state index in [1.54, 1.807) is 13.8 Å². The molecule has 0 saturated heterocycles. The third-order valence-corrected chi connectivity index (χ3v) is 6.34. The summed E-state index contributed by atoms with van der Waals surface area (Å²) in [5.74, 6) is -1.90. The summed E-state index contributed by atoms with van der Waals surface area (Å²) in [7, 11) is 0. The first-order valence-corrected chi connectivity index (χ1v) is 10.1. The van der Waals surface area contributed by atoms with Gasteiger partial charge in [0.2, 0.25) is 0 Å². The van der Waals surface area contributed by atoms with Gasteiger partial charge in [0.25, 0.3) is 0 Å². The van der Waals surface area contributed by atoms with E-state index in [0.29, 0.717) is 17.7 Å². The van der Waals surface area contributed by atoms with Crippen LogP contribution in [0.5, 0.6) is 0 Å². The quantitative estimate of drug-likeness (QED) is 0.605. The van der Waals surface area contributed by atoms with Crippen molar-refractivity contribution in [3.8, 4) is 0 Å². The Kier molecular flexibility index (Phi) is 5.09. The highest BCUT2D eigenvalue weighted by atomic mass is 35.5. The number of pyridine rings is 1. The first-order chi connectivity index (χ1) is 13.8. The summed E-state index contributed by atoms with van der Waals surface area (Å²) in [4.78, 5) is 21.0. The molecule has 3 aromatic rings. The number of nitrogens with one attached hydrogen (secondary N) is 1. The van der Waals surface area contributed by atoms with E-state index in [1.807, 2.05) is 18.2 Å². The van der Waals surface area contributed by atoms with Crippen LogP contribution in [0.4, 0.5) is 4.39 Å². The van der Waals surface area contributed by atoms with E-state index in [9.17, 15) is 9.90 Å². The monoisotopic (exact) mass is 415 g/mol. The Labute approximate surface area is 173 Å². The van der Waals surface area contributed by atoms with E-state index >= 15 is 4.39 Å². The van der Waals surface area contributed by atoms with E-state index in [0.717, 1.165) is 34.8 Å². The number of halogens is 2. The Morgan fingerprint density at radius 2 is 2.17 bits per heavy atom. The van der Waals surface area contributed by atoms with Gasteiger partial charge in [-0.1, -0.05) is 36.7 Å².